The summed E-state index contributed by atoms with van der Waals surface area (Å²) in [5.74, 6) is 0.167. The van der Waals surface area contributed by atoms with Gasteiger partial charge in [-0.05, 0) is 55.0 Å². The van der Waals surface area contributed by atoms with Gasteiger partial charge in [0.05, 0.1) is 14.2 Å². The fraction of sp³-hybridized carbons (Fsp3) is 0.200. The van der Waals surface area contributed by atoms with E-state index in [1.54, 1.807) is 37.5 Å². The standard InChI is InChI=1S/C20H20BrNO5/c1-13-10-15(21)5-7-17(13)22-19(23)12-27-20(24)9-4-14-11-16(25-2)6-8-18(14)26-3/h4-11H,12H2,1-3H3,(H,22,23)/b9-4+. The van der Waals surface area contributed by atoms with E-state index >= 15 is 0 Å². The van der Waals surface area contributed by atoms with Crippen molar-refractivity contribution in [2.24, 2.45) is 0 Å². The Morgan fingerprint density at radius 3 is 2.56 bits per heavy atom. The van der Waals surface area contributed by atoms with Crippen molar-refractivity contribution in [2.75, 3.05) is 26.1 Å². The first-order chi connectivity index (χ1) is 12.9. The van der Waals surface area contributed by atoms with Crippen molar-refractivity contribution in [3.05, 3.63) is 58.1 Å². The van der Waals surface area contributed by atoms with Gasteiger partial charge in [-0.1, -0.05) is 15.9 Å². The summed E-state index contributed by atoms with van der Waals surface area (Å²) in [5.41, 5.74) is 2.22. The van der Waals surface area contributed by atoms with Gasteiger partial charge in [-0.2, -0.15) is 0 Å². The summed E-state index contributed by atoms with van der Waals surface area (Å²) < 4.78 is 16.3. The average molecular weight is 434 g/mol. The Hall–Kier alpha value is -2.80. The van der Waals surface area contributed by atoms with Crippen LogP contribution >= 0.6 is 15.9 Å². The number of anilines is 1. The van der Waals surface area contributed by atoms with Crippen LogP contribution in [0.25, 0.3) is 6.08 Å². The third kappa shape index (κ3) is 6.14. The van der Waals surface area contributed by atoms with Crippen LogP contribution in [0.4, 0.5) is 5.69 Å². The van der Waals surface area contributed by atoms with Crippen molar-refractivity contribution in [3.63, 3.8) is 0 Å². The number of methoxy groups -OCH3 is 2. The Morgan fingerprint density at radius 1 is 1.11 bits per heavy atom. The van der Waals surface area contributed by atoms with Gasteiger partial charge in [0.25, 0.3) is 5.91 Å². The number of rotatable bonds is 7. The number of benzene rings is 2. The Balaban J connectivity index is 1.92. The minimum Gasteiger partial charge on any atom is -0.497 e. The zero-order chi connectivity index (χ0) is 19.8. The number of ether oxygens (including phenoxy) is 3. The Morgan fingerprint density at radius 2 is 1.89 bits per heavy atom. The second-order valence-electron chi connectivity index (χ2n) is 5.56. The maximum atomic E-state index is 12.0. The van der Waals surface area contributed by atoms with Crippen LogP contribution in [-0.2, 0) is 14.3 Å². The van der Waals surface area contributed by atoms with E-state index in [-0.39, 0.29) is 6.61 Å². The maximum absolute atomic E-state index is 12.0. The number of halogens is 1. The van der Waals surface area contributed by atoms with E-state index in [1.807, 2.05) is 19.1 Å². The van der Waals surface area contributed by atoms with E-state index in [0.29, 0.717) is 22.7 Å². The van der Waals surface area contributed by atoms with E-state index < -0.39 is 11.9 Å². The van der Waals surface area contributed by atoms with Crippen LogP contribution in [0.3, 0.4) is 0 Å². The molecule has 0 aromatic heterocycles. The van der Waals surface area contributed by atoms with Crippen LogP contribution in [0.2, 0.25) is 0 Å². The highest BCUT2D eigenvalue weighted by atomic mass is 79.9. The van der Waals surface area contributed by atoms with Gasteiger partial charge in [-0.25, -0.2) is 4.79 Å². The molecule has 2 aromatic rings. The largest absolute Gasteiger partial charge is 0.497 e. The fourth-order valence-corrected chi connectivity index (χ4v) is 2.74. The van der Waals surface area contributed by atoms with Gasteiger partial charge >= 0.3 is 5.97 Å². The molecule has 7 heteroatoms. The molecule has 0 unspecified atom stereocenters. The van der Waals surface area contributed by atoms with E-state index in [4.69, 9.17) is 14.2 Å². The van der Waals surface area contributed by atoms with E-state index in [0.717, 1.165) is 10.0 Å². The molecule has 0 radical (unpaired) electrons. The molecule has 2 aromatic carbocycles. The highest BCUT2D eigenvalue weighted by molar-refractivity contribution is 9.10. The molecule has 27 heavy (non-hydrogen) atoms. The molecule has 6 nitrogen and oxygen atoms in total. The second-order valence-corrected chi connectivity index (χ2v) is 6.47. The number of nitrogens with one attached hydrogen (secondary N) is 1. The van der Waals surface area contributed by atoms with Crippen LogP contribution < -0.4 is 14.8 Å². The number of amides is 1. The lowest BCUT2D eigenvalue weighted by Crippen LogP contribution is -2.20. The average Bonchev–Trinajstić information content (AvgIpc) is 2.66. The molecule has 1 N–H and O–H groups in total. The lowest BCUT2D eigenvalue weighted by Gasteiger charge is -2.09. The Bertz CT molecular complexity index is 863. The van der Waals surface area contributed by atoms with Gasteiger partial charge < -0.3 is 19.5 Å². The summed E-state index contributed by atoms with van der Waals surface area (Å²) in [6, 6.07) is 10.7. The van der Waals surface area contributed by atoms with Crippen molar-refractivity contribution in [2.45, 2.75) is 6.92 Å². The molecule has 0 atom stereocenters. The van der Waals surface area contributed by atoms with Crippen LogP contribution in [0.5, 0.6) is 11.5 Å². The lowest BCUT2D eigenvalue weighted by molar-refractivity contribution is -0.142. The first-order valence-electron chi connectivity index (χ1n) is 8.06. The van der Waals surface area contributed by atoms with Gasteiger partial charge in [0.2, 0.25) is 0 Å². The van der Waals surface area contributed by atoms with E-state index in [2.05, 4.69) is 21.2 Å². The van der Waals surface area contributed by atoms with Crippen molar-refractivity contribution in [1.29, 1.82) is 0 Å². The minimum atomic E-state index is -0.637. The summed E-state index contributed by atoms with van der Waals surface area (Å²) in [5, 5.41) is 2.70. The quantitative estimate of drug-likeness (QED) is 0.528. The molecule has 2 rings (SSSR count). The molecular formula is C20H20BrNO5. The van der Waals surface area contributed by atoms with Gasteiger partial charge in [0, 0.05) is 21.8 Å². The Labute approximate surface area is 166 Å². The number of hydrogen-bond acceptors (Lipinski definition) is 5. The molecule has 0 heterocycles. The zero-order valence-corrected chi connectivity index (χ0v) is 16.8. The molecule has 0 aliphatic heterocycles. The molecular weight excluding hydrogens is 414 g/mol. The molecule has 0 saturated heterocycles. The van der Waals surface area contributed by atoms with Gasteiger partial charge in [0.15, 0.2) is 6.61 Å². The summed E-state index contributed by atoms with van der Waals surface area (Å²) in [7, 11) is 3.08. The first kappa shape index (κ1) is 20.5. The van der Waals surface area contributed by atoms with Crippen LogP contribution in [0.15, 0.2) is 46.9 Å². The molecule has 142 valence electrons. The van der Waals surface area contributed by atoms with Crippen molar-refractivity contribution in [1.82, 2.24) is 0 Å². The van der Waals surface area contributed by atoms with Crippen LogP contribution in [-0.4, -0.2) is 32.7 Å². The van der Waals surface area contributed by atoms with Gasteiger partial charge in [-0.15, -0.1) is 0 Å². The number of hydrogen-bond donors (Lipinski definition) is 1. The highest BCUT2D eigenvalue weighted by Gasteiger charge is 2.08. The van der Waals surface area contributed by atoms with Crippen molar-refractivity contribution in [3.8, 4) is 11.5 Å². The molecule has 0 fully saturated rings. The lowest BCUT2D eigenvalue weighted by atomic mass is 10.1. The smallest absolute Gasteiger partial charge is 0.331 e. The topological polar surface area (TPSA) is 73.9 Å². The third-order valence-corrected chi connectivity index (χ3v) is 4.14. The highest BCUT2D eigenvalue weighted by Crippen LogP contribution is 2.25. The summed E-state index contributed by atoms with van der Waals surface area (Å²) >= 11 is 3.36. The Kier molecular flexibility index (Phi) is 7.43. The second kappa shape index (κ2) is 9.78. The zero-order valence-electron chi connectivity index (χ0n) is 15.2. The minimum absolute atomic E-state index is 0.381. The normalized spacial score (nSPS) is 10.5. The third-order valence-electron chi connectivity index (χ3n) is 3.64. The number of carbonyl (C=O) groups excluding carboxylic acids is 2. The van der Waals surface area contributed by atoms with E-state index in [1.165, 1.54) is 13.2 Å². The monoisotopic (exact) mass is 433 g/mol. The first-order valence-corrected chi connectivity index (χ1v) is 8.85. The number of esters is 1. The summed E-state index contributed by atoms with van der Waals surface area (Å²) in [6.07, 6.45) is 2.77. The van der Waals surface area contributed by atoms with Crippen molar-refractivity contribution < 1.29 is 23.8 Å². The summed E-state index contributed by atoms with van der Waals surface area (Å²) in [6.45, 7) is 1.49. The molecule has 0 aliphatic rings. The van der Waals surface area contributed by atoms with Crippen LogP contribution in [0, 0.1) is 6.92 Å². The predicted molar refractivity (Wildman–Crippen MR) is 107 cm³/mol. The number of aryl methyl sites for hydroxylation is 1. The van der Waals surface area contributed by atoms with Gasteiger partial charge in [-0.3, -0.25) is 4.79 Å². The molecule has 0 saturated carbocycles. The summed E-state index contributed by atoms with van der Waals surface area (Å²) in [4.78, 5) is 23.8. The molecule has 1 amide bonds. The molecule has 0 spiro atoms. The number of carbonyl (C=O) groups is 2. The molecule has 0 bridgehead atoms. The molecule has 0 aliphatic carbocycles. The predicted octanol–water partition coefficient (Wildman–Crippen LogP) is 3.97. The van der Waals surface area contributed by atoms with E-state index in [9.17, 15) is 9.59 Å². The maximum Gasteiger partial charge on any atom is 0.331 e. The fourth-order valence-electron chi connectivity index (χ4n) is 2.27. The van der Waals surface area contributed by atoms with Gasteiger partial charge in [0.1, 0.15) is 11.5 Å². The SMILES string of the molecule is COc1ccc(OC)c(/C=C/C(=O)OCC(=O)Nc2ccc(Br)cc2C)c1. The van der Waals surface area contributed by atoms with Crippen molar-refractivity contribution >= 4 is 39.6 Å². The van der Waals surface area contributed by atoms with Crippen LogP contribution in [0.1, 0.15) is 11.1 Å².